The van der Waals surface area contributed by atoms with E-state index in [-0.39, 0.29) is 5.41 Å². The van der Waals surface area contributed by atoms with E-state index in [0.29, 0.717) is 0 Å². The summed E-state index contributed by atoms with van der Waals surface area (Å²) in [6.45, 7) is 4.72. The van der Waals surface area contributed by atoms with Gasteiger partial charge in [-0.3, -0.25) is 0 Å². The van der Waals surface area contributed by atoms with Crippen LogP contribution >= 0.6 is 0 Å². The van der Waals surface area contributed by atoms with E-state index < -0.39 is 26.5 Å². The fourth-order valence-electron chi connectivity index (χ4n) is 21.1. The molecule has 0 amide bonds. The van der Waals surface area contributed by atoms with Gasteiger partial charge in [0.15, 0.2) is 0 Å². The van der Waals surface area contributed by atoms with Crippen molar-refractivity contribution in [1.82, 2.24) is 33.6 Å². The average molecular weight is 1680 g/mol. The molecule has 22 aromatic rings. The number of hydrogen-bond donors (Lipinski definition) is 0. The molecule has 0 unspecified atom stereocenters. The minimum absolute atomic E-state index is 0.106. The Bertz CT molecular complexity index is 7880. The number of fused-ring (bicyclic) bond motifs is 18. The number of benzene rings is 17. The van der Waals surface area contributed by atoms with E-state index in [0.717, 1.165) is 84.8 Å². The van der Waals surface area contributed by atoms with Crippen molar-refractivity contribution in [2.24, 2.45) is 0 Å². The van der Waals surface area contributed by atoms with Crippen LogP contribution in [0.5, 0.6) is 0 Å². The van der Waals surface area contributed by atoms with E-state index in [2.05, 4.69) is 458 Å². The number of para-hydroxylation sites is 4. The van der Waals surface area contributed by atoms with E-state index in [1.54, 1.807) is 0 Å². The quantitative estimate of drug-likeness (QED) is 0.121. The molecule has 0 saturated heterocycles. The van der Waals surface area contributed by atoms with Crippen molar-refractivity contribution < 1.29 is 0 Å². The number of nitrogens with zero attached hydrogens (tertiary/aromatic N) is 7. The molecule has 122 heavy (non-hydrogen) atoms. The molecule has 0 saturated carbocycles. The second kappa shape index (κ2) is 28.3. The van der Waals surface area contributed by atoms with E-state index >= 15 is 0 Å². The third-order valence-electron chi connectivity index (χ3n) is 26.2. The summed E-state index contributed by atoms with van der Waals surface area (Å²) in [4.78, 5) is 22.7. The maximum atomic E-state index is 5.69. The average Bonchev–Trinajstić information content (AvgIpc) is 1.51. The Morgan fingerprint density at radius 1 is 0.213 bits per heavy atom. The van der Waals surface area contributed by atoms with Gasteiger partial charge in [0, 0.05) is 11.1 Å². The predicted molar refractivity (Wildman–Crippen MR) is 512 cm³/mol. The molecule has 0 bridgehead atoms. The molecular formula is C113H77Ge2N7. The topological polar surface area (TPSA) is 66.3 Å². The zero-order chi connectivity index (χ0) is 80.8. The molecule has 0 atom stereocenters. The Kier molecular flexibility index (Phi) is 16.6. The normalized spacial score (nSPS) is 13.5. The SMILES string of the molecule is CC1(C)c2ccccc2-c2cc3c4ccccc4n(-c4cccc(-c5nc(-c6ccccc6)[c]6c(n5)-c5cccc[c]5[Ge]6([c]5ccccc5)[c]5ccccc5)c4)c3cc21.c1ccc(-c2nc(-c3cccc(-n4c5ccccc5c5cc6c7ccccc7n(-c7ccccc7)c6cc54)c3)nc3[c]2[Ge]([c]2ccccc2)([c]2ccccc2)[c]2ccccc2-3)cc1. The van der Waals surface area contributed by atoms with Crippen LogP contribution in [-0.4, -0.2) is 60.2 Å². The molecule has 17 aromatic carbocycles. The number of rotatable bonds is 11. The van der Waals surface area contributed by atoms with Crippen molar-refractivity contribution in [2.45, 2.75) is 19.3 Å². The first-order valence-corrected chi connectivity index (χ1v) is 50.5. The molecule has 0 fully saturated rings. The van der Waals surface area contributed by atoms with Gasteiger partial charge in [0.05, 0.1) is 5.52 Å². The van der Waals surface area contributed by atoms with E-state index in [1.807, 2.05) is 0 Å². The molecule has 2 aliphatic heterocycles. The van der Waals surface area contributed by atoms with Crippen LogP contribution in [0.25, 0.3) is 161 Å². The van der Waals surface area contributed by atoms with Gasteiger partial charge in [0.1, 0.15) is 0 Å². The summed E-state index contributed by atoms with van der Waals surface area (Å²) in [5.74, 6) is 1.45. The Labute approximate surface area is 712 Å². The third kappa shape index (κ3) is 10.7. The van der Waals surface area contributed by atoms with Crippen LogP contribution in [0.4, 0.5) is 0 Å². The number of hydrogen-bond acceptors (Lipinski definition) is 4. The van der Waals surface area contributed by atoms with Crippen LogP contribution in [0.3, 0.4) is 0 Å². The van der Waals surface area contributed by atoms with Crippen LogP contribution in [0.1, 0.15) is 25.0 Å². The molecule has 0 spiro atoms. The molecule has 9 heteroatoms. The summed E-state index contributed by atoms with van der Waals surface area (Å²) >= 11 is -7.32. The molecule has 0 N–H and O–H groups in total. The summed E-state index contributed by atoms with van der Waals surface area (Å²) in [5.41, 5.74) is 26.4. The van der Waals surface area contributed by atoms with Gasteiger partial charge in [0.2, 0.25) is 0 Å². The maximum absolute atomic E-state index is 5.69. The van der Waals surface area contributed by atoms with Crippen LogP contribution in [-0.2, 0) is 5.41 Å². The summed E-state index contributed by atoms with van der Waals surface area (Å²) < 4.78 is 18.2. The monoisotopic (exact) mass is 1680 g/mol. The van der Waals surface area contributed by atoms with E-state index in [9.17, 15) is 0 Å². The zero-order valence-electron chi connectivity index (χ0n) is 67.1. The molecule has 7 heterocycles. The fourth-order valence-corrected chi connectivity index (χ4v) is 43.0. The molecule has 3 aliphatic rings. The molecule has 25 rings (SSSR count). The summed E-state index contributed by atoms with van der Waals surface area (Å²) in [5, 5.41) is 7.44. The fraction of sp³-hybridized carbons (Fsp3) is 0.0265. The minimum atomic E-state index is -3.67. The molecular weight excluding hydrogens is 1600 g/mol. The molecule has 7 nitrogen and oxygen atoms in total. The Hall–Kier alpha value is -14.6. The van der Waals surface area contributed by atoms with Crippen LogP contribution in [0.2, 0.25) is 0 Å². The van der Waals surface area contributed by atoms with Crippen molar-refractivity contribution in [2.75, 3.05) is 0 Å². The van der Waals surface area contributed by atoms with Crippen molar-refractivity contribution >= 4 is 127 Å². The van der Waals surface area contributed by atoms with Crippen molar-refractivity contribution in [3.8, 4) is 96.0 Å². The Morgan fingerprint density at radius 3 is 0.967 bits per heavy atom. The van der Waals surface area contributed by atoms with Gasteiger partial charge >= 0.3 is 597 Å². The van der Waals surface area contributed by atoms with Gasteiger partial charge in [-0.15, -0.1) is 0 Å². The third-order valence-corrected chi connectivity index (χ3v) is 46.7. The van der Waals surface area contributed by atoms with Gasteiger partial charge in [0.25, 0.3) is 0 Å². The van der Waals surface area contributed by atoms with Gasteiger partial charge in [-0.1, -0.05) is 74.5 Å². The number of aromatic nitrogens is 7. The standard InChI is InChI=1S/C58H38GeN4.C55H39GeN3/c1-5-20-39(21-6-1)56-55-57(47-32-13-16-33-50(47)59(55,41-23-7-2-8-24-41)42-25-9-3-10-26-42)61-58(60-56)40-22-19-29-44(36-40)63-52-35-18-15-31-46(52)49-37-48-45-30-14-17-34-51(45)62(53(48)38-54(49)63)43-27-11-4-12-28-43;1-55(2)46-30-15-12-27-41(46)44-34-45-42-28-14-17-32-49(42)59(50(45)35-47(44)55)40-26-18-21-37(33-40)54-57-52(36-19-6-3-7-20-36)51-53(58-54)43-29-13-16-31-48(43)56(51,38-22-8-4-9-23-38)39-24-10-5-11-25-39/h1-38H;3-35H,1-2H3. The zero-order valence-corrected chi connectivity index (χ0v) is 71.3. The van der Waals surface area contributed by atoms with E-state index in [1.165, 1.54) is 123 Å². The summed E-state index contributed by atoms with van der Waals surface area (Å²) in [7, 11) is 0. The van der Waals surface area contributed by atoms with Crippen molar-refractivity contribution in [3.63, 3.8) is 0 Å². The van der Waals surface area contributed by atoms with Gasteiger partial charge in [-0.25, -0.2) is 0 Å². The van der Waals surface area contributed by atoms with Crippen LogP contribution < -0.4 is 35.2 Å². The molecule has 5 aromatic heterocycles. The van der Waals surface area contributed by atoms with Crippen LogP contribution in [0.15, 0.2) is 431 Å². The summed E-state index contributed by atoms with van der Waals surface area (Å²) in [6, 6.07) is 158. The second-order valence-electron chi connectivity index (χ2n) is 33.0. The van der Waals surface area contributed by atoms with Gasteiger partial charge in [-0.05, 0) is 29.3 Å². The van der Waals surface area contributed by atoms with Crippen molar-refractivity contribution in [3.05, 3.63) is 442 Å². The Balaban J connectivity index is 0.000000138. The predicted octanol–water partition coefficient (Wildman–Crippen LogP) is 21.9. The Morgan fingerprint density at radius 2 is 0.533 bits per heavy atom. The van der Waals surface area contributed by atoms with Gasteiger partial charge in [-0.2, -0.15) is 0 Å². The first-order valence-electron chi connectivity index (χ1n) is 42.1. The molecule has 0 radical (unpaired) electrons. The summed E-state index contributed by atoms with van der Waals surface area (Å²) in [6.07, 6.45) is 0. The van der Waals surface area contributed by atoms with Gasteiger partial charge < -0.3 is 0 Å². The first-order chi connectivity index (χ1) is 60.3. The second-order valence-corrected chi connectivity index (χ2v) is 48.5. The van der Waals surface area contributed by atoms with E-state index in [4.69, 9.17) is 19.9 Å². The van der Waals surface area contributed by atoms with Crippen LogP contribution in [0, 0.1) is 0 Å². The first kappa shape index (κ1) is 71.5. The molecule has 1 aliphatic carbocycles. The van der Waals surface area contributed by atoms with Crippen molar-refractivity contribution in [1.29, 1.82) is 0 Å². The molecule has 572 valence electrons.